The highest BCUT2D eigenvalue weighted by atomic mass is 16.5. The van der Waals surface area contributed by atoms with E-state index in [4.69, 9.17) is 4.74 Å². The van der Waals surface area contributed by atoms with Crippen LogP contribution < -0.4 is 0 Å². The fourth-order valence-electron chi connectivity index (χ4n) is 3.80. The number of hydrogen-bond donors (Lipinski definition) is 0. The van der Waals surface area contributed by atoms with E-state index in [2.05, 4.69) is 25.7 Å². The van der Waals surface area contributed by atoms with Crippen LogP contribution in [0, 0.1) is 11.8 Å². The maximum Gasteiger partial charge on any atom is 0.0511 e. The topological polar surface area (TPSA) is 12.5 Å². The predicted octanol–water partition coefficient (Wildman–Crippen LogP) is 2.92. The van der Waals surface area contributed by atoms with Gasteiger partial charge in [0.05, 0.1) is 6.61 Å². The first-order chi connectivity index (χ1) is 7.77. The molecule has 0 radical (unpaired) electrons. The minimum absolute atomic E-state index is 0.783. The Morgan fingerprint density at radius 2 is 2.06 bits per heavy atom. The zero-order chi connectivity index (χ0) is 11.5. The summed E-state index contributed by atoms with van der Waals surface area (Å²) in [5, 5.41) is 0. The summed E-state index contributed by atoms with van der Waals surface area (Å²) < 4.78 is 5.69. The maximum absolute atomic E-state index is 5.69. The molecule has 2 aliphatic rings. The largest absolute Gasteiger partial charge is 0.381 e. The molecule has 2 saturated heterocycles. The van der Waals surface area contributed by atoms with Crippen LogP contribution in [-0.2, 0) is 4.74 Å². The molecule has 0 saturated carbocycles. The number of fused-ring (bicyclic) bond motifs is 2. The fourth-order valence-corrected chi connectivity index (χ4v) is 3.80. The lowest BCUT2D eigenvalue weighted by Gasteiger charge is -2.43. The molecule has 0 amide bonds. The Balaban J connectivity index is 2.00. The number of nitrogens with zero attached hydrogens (tertiary/aromatic N) is 1. The van der Waals surface area contributed by atoms with Crippen LogP contribution in [-0.4, -0.2) is 36.7 Å². The summed E-state index contributed by atoms with van der Waals surface area (Å²) in [4.78, 5) is 2.78. The van der Waals surface area contributed by atoms with Crippen molar-refractivity contribution < 1.29 is 4.74 Å². The molecule has 2 rings (SSSR count). The second-order valence-electron chi connectivity index (χ2n) is 5.57. The molecule has 94 valence electrons. The monoisotopic (exact) mass is 225 g/mol. The third-order valence-electron chi connectivity index (χ3n) is 4.56. The predicted molar refractivity (Wildman–Crippen MR) is 67.6 cm³/mol. The molecule has 0 aliphatic carbocycles. The van der Waals surface area contributed by atoms with Gasteiger partial charge in [0.1, 0.15) is 0 Å². The Kier molecular flexibility index (Phi) is 4.26. The number of rotatable bonds is 5. The van der Waals surface area contributed by atoms with Crippen LogP contribution >= 0.6 is 0 Å². The van der Waals surface area contributed by atoms with Crippen molar-refractivity contribution >= 4 is 0 Å². The zero-order valence-corrected chi connectivity index (χ0v) is 11.1. The fraction of sp³-hybridized carbons (Fsp3) is 1.00. The summed E-state index contributed by atoms with van der Waals surface area (Å²) >= 11 is 0. The van der Waals surface area contributed by atoms with Gasteiger partial charge in [-0.1, -0.05) is 13.8 Å². The molecular formula is C14H27NO. The van der Waals surface area contributed by atoms with Crippen molar-refractivity contribution in [2.24, 2.45) is 11.8 Å². The van der Waals surface area contributed by atoms with Crippen LogP contribution in [0.3, 0.4) is 0 Å². The van der Waals surface area contributed by atoms with Crippen LogP contribution in [0.15, 0.2) is 0 Å². The normalized spacial score (nSPS) is 39.2. The first kappa shape index (κ1) is 12.4. The molecule has 0 aromatic rings. The Morgan fingerprint density at radius 1 is 1.25 bits per heavy atom. The van der Waals surface area contributed by atoms with Gasteiger partial charge in [-0.25, -0.2) is 0 Å². The number of ether oxygens (including phenoxy) is 1. The highest BCUT2D eigenvalue weighted by molar-refractivity contribution is 4.98. The lowest BCUT2D eigenvalue weighted by Crippen LogP contribution is -2.49. The lowest BCUT2D eigenvalue weighted by atomic mass is 9.81. The molecule has 0 N–H and O–H groups in total. The van der Waals surface area contributed by atoms with Gasteiger partial charge in [0.25, 0.3) is 0 Å². The van der Waals surface area contributed by atoms with Gasteiger partial charge in [-0.2, -0.15) is 0 Å². The Bertz CT molecular complexity index is 219. The van der Waals surface area contributed by atoms with Crippen LogP contribution in [0.2, 0.25) is 0 Å². The van der Waals surface area contributed by atoms with Crippen molar-refractivity contribution in [3.63, 3.8) is 0 Å². The van der Waals surface area contributed by atoms with Crippen molar-refractivity contribution in [3.05, 3.63) is 0 Å². The number of piperidine rings is 1. The van der Waals surface area contributed by atoms with Gasteiger partial charge in [-0.15, -0.1) is 0 Å². The first-order valence-electron chi connectivity index (χ1n) is 7.11. The molecule has 2 heterocycles. The van der Waals surface area contributed by atoms with E-state index in [9.17, 15) is 0 Å². The van der Waals surface area contributed by atoms with Crippen LogP contribution in [0.5, 0.6) is 0 Å². The smallest absolute Gasteiger partial charge is 0.0511 e. The van der Waals surface area contributed by atoms with E-state index in [0.717, 1.165) is 37.1 Å². The zero-order valence-electron chi connectivity index (χ0n) is 11.1. The van der Waals surface area contributed by atoms with Crippen molar-refractivity contribution in [1.29, 1.82) is 0 Å². The van der Waals surface area contributed by atoms with Crippen LogP contribution in [0.25, 0.3) is 0 Å². The third kappa shape index (κ3) is 2.28. The molecule has 0 aromatic heterocycles. The van der Waals surface area contributed by atoms with Crippen molar-refractivity contribution in [3.8, 4) is 0 Å². The van der Waals surface area contributed by atoms with Gasteiger partial charge < -0.3 is 4.74 Å². The third-order valence-corrected chi connectivity index (χ3v) is 4.56. The Morgan fingerprint density at radius 3 is 2.75 bits per heavy atom. The summed E-state index contributed by atoms with van der Waals surface area (Å²) in [6.45, 7) is 9.98. The average molecular weight is 225 g/mol. The molecule has 2 aliphatic heterocycles. The van der Waals surface area contributed by atoms with Gasteiger partial charge in [-0.05, 0) is 45.1 Å². The minimum Gasteiger partial charge on any atom is -0.381 e. The van der Waals surface area contributed by atoms with E-state index in [1.807, 2.05) is 0 Å². The maximum atomic E-state index is 5.69. The minimum atomic E-state index is 0.783. The second-order valence-corrected chi connectivity index (χ2v) is 5.57. The van der Waals surface area contributed by atoms with Crippen molar-refractivity contribution in [1.82, 2.24) is 4.90 Å². The van der Waals surface area contributed by atoms with Gasteiger partial charge in [0.15, 0.2) is 0 Å². The van der Waals surface area contributed by atoms with Gasteiger partial charge in [0, 0.05) is 24.6 Å². The highest BCUT2D eigenvalue weighted by Gasteiger charge is 2.44. The van der Waals surface area contributed by atoms with E-state index < -0.39 is 0 Å². The molecule has 2 fully saturated rings. The lowest BCUT2D eigenvalue weighted by molar-refractivity contribution is -0.00292. The molecule has 2 bridgehead atoms. The highest BCUT2D eigenvalue weighted by Crippen LogP contribution is 2.42. The van der Waals surface area contributed by atoms with Gasteiger partial charge in [0.2, 0.25) is 0 Å². The van der Waals surface area contributed by atoms with Crippen LogP contribution in [0.1, 0.15) is 46.5 Å². The SMILES string of the molecule is CCCN1C2CCC1C(COCC)C(C)C2. The van der Waals surface area contributed by atoms with E-state index >= 15 is 0 Å². The molecule has 16 heavy (non-hydrogen) atoms. The Hall–Kier alpha value is -0.0800. The summed E-state index contributed by atoms with van der Waals surface area (Å²) in [7, 11) is 0. The van der Waals surface area contributed by atoms with Gasteiger partial charge >= 0.3 is 0 Å². The van der Waals surface area contributed by atoms with Gasteiger partial charge in [-0.3, -0.25) is 4.90 Å². The van der Waals surface area contributed by atoms with E-state index in [-0.39, 0.29) is 0 Å². The Labute approximate surface area is 100 Å². The molecule has 0 spiro atoms. The molecular weight excluding hydrogens is 198 g/mol. The quantitative estimate of drug-likeness (QED) is 0.713. The molecule has 2 nitrogen and oxygen atoms in total. The van der Waals surface area contributed by atoms with Crippen LogP contribution in [0.4, 0.5) is 0 Å². The van der Waals surface area contributed by atoms with E-state index in [0.29, 0.717) is 0 Å². The second kappa shape index (κ2) is 5.50. The number of hydrogen-bond acceptors (Lipinski definition) is 2. The first-order valence-corrected chi connectivity index (χ1v) is 7.11. The molecule has 0 aromatic carbocycles. The average Bonchev–Trinajstić information content (AvgIpc) is 2.56. The summed E-state index contributed by atoms with van der Waals surface area (Å²) in [5.41, 5.74) is 0. The molecule has 4 atom stereocenters. The molecule has 2 heteroatoms. The summed E-state index contributed by atoms with van der Waals surface area (Å²) in [6, 6.07) is 1.71. The summed E-state index contributed by atoms with van der Waals surface area (Å²) in [6.07, 6.45) is 5.53. The standard InChI is InChI=1S/C14H27NO/c1-4-8-15-12-6-7-14(15)13(10-16-5-2)11(3)9-12/h11-14H,4-10H2,1-3H3. The van der Waals surface area contributed by atoms with Crippen molar-refractivity contribution in [2.45, 2.75) is 58.5 Å². The van der Waals surface area contributed by atoms with E-state index in [1.54, 1.807) is 0 Å². The van der Waals surface area contributed by atoms with Crippen molar-refractivity contribution in [2.75, 3.05) is 19.8 Å². The van der Waals surface area contributed by atoms with E-state index in [1.165, 1.54) is 32.2 Å². The molecule has 4 unspecified atom stereocenters. The summed E-state index contributed by atoms with van der Waals surface area (Å²) in [5.74, 6) is 1.64.